The van der Waals surface area contributed by atoms with Gasteiger partial charge >= 0.3 is 0 Å². The predicted molar refractivity (Wildman–Crippen MR) is 90.7 cm³/mol. The summed E-state index contributed by atoms with van der Waals surface area (Å²) < 4.78 is 5.98. The monoisotopic (exact) mass is 312 g/mol. The van der Waals surface area contributed by atoms with Crippen LogP contribution in [0.5, 0.6) is 0 Å². The van der Waals surface area contributed by atoms with E-state index in [0.717, 1.165) is 19.6 Å². The molecule has 0 amide bonds. The van der Waals surface area contributed by atoms with Gasteiger partial charge in [0.1, 0.15) is 18.2 Å². The Morgan fingerprint density at radius 3 is 2.59 bits per heavy atom. The zero-order valence-electron chi connectivity index (χ0n) is 15.3. The van der Waals surface area contributed by atoms with Crippen LogP contribution in [0.1, 0.15) is 46.0 Å². The molecule has 2 rings (SSSR count). The van der Waals surface area contributed by atoms with Gasteiger partial charge in [-0.2, -0.15) is 0 Å². The van der Waals surface area contributed by atoms with E-state index in [4.69, 9.17) is 4.74 Å². The fourth-order valence-corrected chi connectivity index (χ4v) is 4.23. The third kappa shape index (κ3) is 5.64. The normalized spacial score (nSPS) is 29.7. The van der Waals surface area contributed by atoms with Gasteiger partial charge in [-0.15, -0.1) is 0 Å². The highest BCUT2D eigenvalue weighted by Crippen LogP contribution is 2.36. The molecule has 3 N–H and O–H groups in total. The van der Waals surface area contributed by atoms with Crippen molar-refractivity contribution in [2.75, 3.05) is 53.4 Å². The molecule has 0 bridgehead atoms. The minimum atomic E-state index is 0.0172. The Kier molecular flexibility index (Phi) is 6.42. The van der Waals surface area contributed by atoms with Gasteiger partial charge in [-0.25, -0.2) is 0 Å². The average Bonchev–Trinajstić information content (AvgIpc) is 2.89. The van der Waals surface area contributed by atoms with E-state index in [-0.39, 0.29) is 5.60 Å². The second-order valence-corrected chi connectivity index (χ2v) is 8.44. The van der Waals surface area contributed by atoms with E-state index in [1.807, 2.05) is 0 Å². The van der Waals surface area contributed by atoms with Gasteiger partial charge in [0.2, 0.25) is 0 Å². The lowest BCUT2D eigenvalue weighted by Crippen LogP contribution is -3.11. The topological polar surface area (TPSA) is 32.1 Å². The summed E-state index contributed by atoms with van der Waals surface area (Å²) in [6, 6.07) is 0. The summed E-state index contributed by atoms with van der Waals surface area (Å²) >= 11 is 0. The zero-order valence-corrected chi connectivity index (χ0v) is 15.3. The van der Waals surface area contributed by atoms with Crippen LogP contribution in [0.15, 0.2) is 0 Å². The van der Waals surface area contributed by atoms with Crippen LogP contribution in [0.3, 0.4) is 0 Å². The smallest absolute Gasteiger partial charge is 0.150 e. The Morgan fingerprint density at radius 2 is 1.95 bits per heavy atom. The number of quaternary nitrogens is 2. The molecule has 0 unspecified atom stereocenters. The van der Waals surface area contributed by atoms with Gasteiger partial charge in [0, 0.05) is 19.4 Å². The molecule has 0 aromatic rings. The summed E-state index contributed by atoms with van der Waals surface area (Å²) in [7, 11) is 4.45. The molecule has 2 saturated heterocycles. The van der Waals surface area contributed by atoms with Crippen LogP contribution >= 0.6 is 0 Å². The zero-order chi connectivity index (χ0) is 16.1. The summed E-state index contributed by atoms with van der Waals surface area (Å²) in [5, 5.41) is 0. The van der Waals surface area contributed by atoms with E-state index in [9.17, 15) is 0 Å². The molecule has 2 heterocycles. The van der Waals surface area contributed by atoms with Crippen molar-refractivity contribution in [3.8, 4) is 0 Å². The number of rotatable bonds is 7. The van der Waals surface area contributed by atoms with Gasteiger partial charge in [0.25, 0.3) is 0 Å². The molecule has 22 heavy (non-hydrogen) atoms. The molecule has 2 fully saturated rings. The maximum Gasteiger partial charge on any atom is 0.150 e. The molecule has 0 spiro atoms. The molecule has 0 aromatic heterocycles. The van der Waals surface area contributed by atoms with Crippen LogP contribution in [0.25, 0.3) is 0 Å². The third-order valence-electron chi connectivity index (χ3n) is 5.19. The highest BCUT2D eigenvalue weighted by molar-refractivity contribution is 5.60. The molecular formula is C18H38N3O+3. The minimum absolute atomic E-state index is 0.0172. The van der Waals surface area contributed by atoms with Gasteiger partial charge in [0.05, 0.1) is 52.3 Å². The lowest BCUT2D eigenvalue weighted by Gasteiger charge is -2.41. The van der Waals surface area contributed by atoms with Gasteiger partial charge in [-0.1, -0.05) is 0 Å². The van der Waals surface area contributed by atoms with Crippen molar-refractivity contribution in [1.82, 2.24) is 0 Å². The largest absolute Gasteiger partial charge is 0.375 e. The van der Waals surface area contributed by atoms with Gasteiger partial charge in [-0.3, -0.25) is 4.99 Å². The first-order valence-electron chi connectivity index (χ1n) is 9.25. The van der Waals surface area contributed by atoms with E-state index >= 15 is 0 Å². The van der Waals surface area contributed by atoms with E-state index < -0.39 is 0 Å². The van der Waals surface area contributed by atoms with E-state index in [1.165, 1.54) is 56.8 Å². The average molecular weight is 313 g/mol. The Balaban J connectivity index is 1.96. The number of hydrogen-bond acceptors (Lipinski definition) is 1. The minimum Gasteiger partial charge on any atom is -0.375 e. The fourth-order valence-electron chi connectivity index (χ4n) is 4.23. The summed E-state index contributed by atoms with van der Waals surface area (Å²) in [5.41, 5.74) is 0.329. The summed E-state index contributed by atoms with van der Waals surface area (Å²) in [5.74, 6) is 0. The van der Waals surface area contributed by atoms with Crippen molar-refractivity contribution in [2.24, 2.45) is 5.41 Å². The second kappa shape index (κ2) is 7.89. The Morgan fingerprint density at radius 1 is 1.23 bits per heavy atom. The summed E-state index contributed by atoms with van der Waals surface area (Å²) in [6.45, 7) is 11.8. The van der Waals surface area contributed by atoms with Crippen molar-refractivity contribution in [3.05, 3.63) is 0 Å². The van der Waals surface area contributed by atoms with Crippen molar-refractivity contribution in [3.63, 3.8) is 0 Å². The first-order chi connectivity index (χ1) is 10.4. The van der Waals surface area contributed by atoms with Crippen LogP contribution in [0.2, 0.25) is 0 Å². The number of ether oxygens (including phenoxy) is 1. The highest BCUT2D eigenvalue weighted by Gasteiger charge is 2.45. The van der Waals surface area contributed by atoms with Crippen LogP contribution < -0.4 is 14.8 Å². The van der Waals surface area contributed by atoms with E-state index in [0.29, 0.717) is 5.41 Å². The highest BCUT2D eigenvalue weighted by atomic mass is 16.5. The molecule has 0 radical (unpaired) electrons. The first-order valence-corrected chi connectivity index (χ1v) is 9.25. The maximum absolute atomic E-state index is 5.98. The van der Waals surface area contributed by atoms with Crippen molar-refractivity contribution in [1.29, 1.82) is 0 Å². The Bertz CT molecular complexity index is 361. The van der Waals surface area contributed by atoms with Crippen molar-refractivity contribution >= 4 is 6.21 Å². The lowest BCUT2D eigenvalue weighted by atomic mass is 9.74. The predicted octanol–water partition coefficient (Wildman–Crippen LogP) is -2.07. The van der Waals surface area contributed by atoms with Crippen LogP contribution in [0, 0.1) is 5.41 Å². The molecular weight excluding hydrogens is 274 g/mol. The molecule has 0 saturated carbocycles. The Hall–Kier alpha value is -0.450. The molecule has 128 valence electrons. The maximum atomic E-state index is 5.98. The van der Waals surface area contributed by atoms with Crippen molar-refractivity contribution in [2.45, 2.75) is 51.6 Å². The van der Waals surface area contributed by atoms with E-state index in [2.05, 4.69) is 39.1 Å². The molecule has 1 atom stereocenters. The molecule has 4 heteroatoms. The van der Waals surface area contributed by atoms with Crippen molar-refractivity contribution < 1.29 is 19.5 Å². The number of hydrogen-bond donors (Lipinski definition) is 3. The molecule has 0 aliphatic carbocycles. The fraction of sp³-hybridized carbons (Fsp3) is 0.944. The standard InChI is InChI=1S/C18H35N3O/c1-17(2)14-18(8-13-22-17,16-21-11-5-6-12-21)15-19-9-7-10-20(3)4/h15H,5-14,16H2,1-4H3/p+3/t18-/m1/s1. The van der Waals surface area contributed by atoms with Crippen LogP contribution in [0.4, 0.5) is 0 Å². The number of nitrogens with one attached hydrogen (secondary N) is 3. The second-order valence-electron chi connectivity index (χ2n) is 8.44. The molecule has 2 aliphatic rings. The lowest BCUT2D eigenvalue weighted by molar-refractivity contribution is -0.893. The summed E-state index contributed by atoms with van der Waals surface area (Å²) in [6.07, 6.45) is 8.83. The van der Waals surface area contributed by atoms with Crippen LogP contribution in [-0.4, -0.2) is 65.2 Å². The first kappa shape index (κ1) is 17.9. The molecule has 0 aromatic carbocycles. The van der Waals surface area contributed by atoms with Gasteiger partial charge in [-0.05, 0) is 26.7 Å². The van der Waals surface area contributed by atoms with Gasteiger partial charge < -0.3 is 14.5 Å². The van der Waals surface area contributed by atoms with E-state index in [1.54, 1.807) is 4.90 Å². The summed E-state index contributed by atoms with van der Waals surface area (Å²) in [4.78, 5) is 6.99. The third-order valence-corrected chi connectivity index (χ3v) is 5.19. The molecule has 2 aliphatic heterocycles. The van der Waals surface area contributed by atoms with Gasteiger partial charge in [0.15, 0.2) is 0 Å². The quantitative estimate of drug-likeness (QED) is 0.366. The van der Waals surface area contributed by atoms with Crippen LogP contribution in [-0.2, 0) is 4.74 Å². The SMILES string of the molecule is C[NH+](C)CCC[NH+]=C[C@@]1(C[NH+]2CCCC2)CCOC(C)(C)C1. The Labute approximate surface area is 136 Å². The molecule has 4 nitrogen and oxygen atoms in total. The number of likely N-dealkylation sites (tertiary alicyclic amines) is 1.